The smallest absolute Gasteiger partial charge is 0.166 e. The molecule has 0 aliphatic rings. The first-order valence-electron chi connectivity index (χ1n) is 3.15. The minimum Gasteiger partial charge on any atom is -0.166 e. The second-order valence-electron chi connectivity index (χ2n) is 1.95. The van der Waals surface area contributed by atoms with Gasteiger partial charge in [0.25, 0.3) is 0 Å². The molecule has 0 aromatic carbocycles. The second-order valence-corrected chi connectivity index (χ2v) is 2.36. The van der Waals surface area contributed by atoms with Crippen LogP contribution in [0.2, 0.25) is 0 Å². The highest BCUT2D eigenvalue weighted by atomic mass is 35.5. The zero-order valence-corrected chi connectivity index (χ0v) is 7.21. The van der Waals surface area contributed by atoms with Gasteiger partial charge in [0, 0.05) is 0 Å². The summed E-state index contributed by atoms with van der Waals surface area (Å²) in [5.41, 5.74) is -0.843. The number of hydrogen-bond donors (Lipinski definition) is 0. The maximum absolute atomic E-state index is 12.1. The highest BCUT2D eigenvalue weighted by molar-refractivity contribution is 6.32. The lowest BCUT2D eigenvalue weighted by atomic mass is 10.2. The number of hydrogen-bond acceptors (Lipinski definition) is 0. The number of alkyl halides is 3. The van der Waals surface area contributed by atoms with E-state index in [9.17, 15) is 13.2 Å². The molecule has 4 heteroatoms. The van der Waals surface area contributed by atoms with Gasteiger partial charge >= 0.3 is 6.18 Å². The Morgan fingerprint density at radius 2 is 1.92 bits per heavy atom. The number of halogens is 4. The van der Waals surface area contributed by atoms with Crippen LogP contribution in [0.5, 0.6) is 0 Å². The van der Waals surface area contributed by atoms with Crippen LogP contribution in [-0.2, 0) is 0 Å². The lowest BCUT2D eigenvalue weighted by Crippen LogP contribution is -2.11. The first kappa shape index (κ1) is 11.3. The minimum atomic E-state index is -4.40. The van der Waals surface area contributed by atoms with Crippen molar-refractivity contribution >= 4 is 11.6 Å². The number of rotatable bonds is 2. The largest absolute Gasteiger partial charge is 0.417 e. The summed E-state index contributed by atoms with van der Waals surface area (Å²) in [7, 11) is 0. The summed E-state index contributed by atoms with van der Waals surface area (Å²) in [4.78, 5) is 0. The Bertz CT molecular complexity index is 223. The fraction of sp³-hybridized carbons (Fsp3) is 0.250. The van der Waals surface area contributed by atoms with E-state index in [2.05, 4.69) is 6.58 Å². The Balaban J connectivity index is 4.84. The van der Waals surface area contributed by atoms with E-state index in [1.54, 1.807) is 0 Å². The van der Waals surface area contributed by atoms with E-state index in [0.717, 1.165) is 12.2 Å². The molecule has 0 saturated carbocycles. The van der Waals surface area contributed by atoms with Crippen molar-refractivity contribution in [3.63, 3.8) is 0 Å². The summed E-state index contributed by atoms with van der Waals surface area (Å²) in [6.07, 6.45) is -1.17. The molecule has 0 unspecified atom stereocenters. The number of allylic oxidation sites excluding steroid dienone is 5. The Labute approximate surface area is 74.0 Å². The van der Waals surface area contributed by atoms with Crippen molar-refractivity contribution in [3.8, 4) is 0 Å². The van der Waals surface area contributed by atoms with Crippen LogP contribution < -0.4 is 0 Å². The molecule has 0 spiro atoms. The molecule has 0 heterocycles. The van der Waals surface area contributed by atoms with Crippen LogP contribution in [-0.4, -0.2) is 6.18 Å². The van der Waals surface area contributed by atoms with E-state index in [-0.39, 0.29) is 5.03 Å². The summed E-state index contributed by atoms with van der Waals surface area (Å²) in [5, 5.41) is -0.347. The van der Waals surface area contributed by atoms with Gasteiger partial charge in [-0.05, 0) is 13.0 Å². The Morgan fingerprint density at radius 3 is 2.17 bits per heavy atom. The maximum Gasteiger partial charge on any atom is 0.417 e. The van der Waals surface area contributed by atoms with Crippen LogP contribution in [0.25, 0.3) is 0 Å². The first-order chi connectivity index (χ1) is 5.43. The third-order valence-electron chi connectivity index (χ3n) is 1.12. The third kappa shape index (κ3) is 3.13. The molecule has 0 saturated heterocycles. The Hall–Kier alpha value is -0.700. The van der Waals surface area contributed by atoms with E-state index in [0.29, 0.717) is 0 Å². The molecule has 0 bridgehead atoms. The average Bonchev–Trinajstić information content (AvgIpc) is 1.85. The van der Waals surface area contributed by atoms with Crippen LogP contribution in [0, 0.1) is 0 Å². The molecule has 0 amide bonds. The molecule has 0 rings (SSSR count). The highest BCUT2D eigenvalue weighted by Gasteiger charge is 2.34. The monoisotopic (exact) mass is 196 g/mol. The first-order valence-corrected chi connectivity index (χ1v) is 3.53. The van der Waals surface area contributed by atoms with Crippen LogP contribution in [0.1, 0.15) is 6.92 Å². The van der Waals surface area contributed by atoms with Gasteiger partial charge in [0.2, 0.25) is 0 Å². The van der Waals surface area contributed by atoms with Gasteiger partial charge in [-0.15, -0.1) is 0 Å². The zero-order chi connectivity index (χ0) is 9.78. The van der Waals surface area contributed by atoms with Gasteiger partial charge in [-0.25, -0.2) is 0 Å². The van der Waals surface area contributed by atoms with Gasteiger partial charge in [0.1, 0.15) is 0 Å². The van der Waals surface area contributed by atoms with Gasteiger partial charge in [0.15, 0.2) is 0 Å². The van der Waals surface area contributed by atoms with E-state index in [1.807, 2.05) is 0 Å². The molecule has 0 nitrogen and oxygen atoms in total. The molecule has 0 fully saturated rings. The molecule has 0 aromatic heterocycles. The summed E-state index contributed by atoms with van der Waals surface area (Å²) in [5.74, 6) is 0. The zero-order valence-electron chi connectivity index (χ0n) is 6.45. The normalized spacial score (nSPS) is 14.8. The van der Waals surface area contributed by atoms with Crippen molar-refractivity contribution in [1.29, 1.82) is 0 Å². The lowest BCUT2D eigenvalue weighted by Gasteiger charge is -2.09. The standard InChI is InChI=1S/C8H8ClF3/c1-3-5-7(9)6(4-2)8(10,11)12/h3-5H,1H2,2H3/b6-4+,7-5+. The van der Waals surface area contributed by atoms with E-state index in [1.165, 1.54) is 13.0 Å². The summed E-state index contributed by atoms with van der Waals surface area (Å²) >= 11 is 5.33. The molecule has 0 atom stereocenters. The van der Waals surface area contributed by atoms with Gasteiger partial charge in [-0.1, -0.05) is 30.3 Å². The molecule has 0 aliphatic heterocycles. The minimum absolute atomic E-state index is 0.347. The summed E-state index contributed by atoms with van der Waals surface area (Å²) in [6.45, 7) is 4.52. The Morgan fingerprint density at radius 1 is 1.42 bits per heavy atom. The average molecular weight is 197 g/mol. The molecule has 0 N–H and O–H groups in total. The second kappa shape index (κ2) is 4.36. The van der Waals surface area contributed by atoms with Crippen molar-refractivity contribution < 1.29 is 13.2 Å². The van der Waals surface area contributed by atoms with Crippen molar-refractivity contribution in [1.82, 2.24) is 0 Å². The lowest BCUT2D eigenvalue weighted by molar-refractivity contribution is -0.0887. The van der Waals surface area contributed by atoms with Gasteiger partial charge in [0.05, 0.1) is 10.6 Å². The van der Waals surface area contributed by atoms with Crippen LogP contribution >= 0.6 is 11.6 Å². The molecular formula is C8H8ClF3. The van der Waals surface area contributed by atoms with Gasteiger partial charge < -0.3 is 0 Å². The van der Waals surface area contributed by atoms with Crippen LogP contribution in [0.3, 0.4) is 0 Å². The Kier molecular flexibility index (Phi) is 4.10. The SMILES string of the molecule is C=C/C=C(Cl)\C(=C/C)C(F)(F)F. The van der Waals surface area contributed by atoms with Crippen molar-refractivity contribution in [2.45, 2.75) is 13.1 Å². The summed E-state index contributed by atoms with van der Waals surface area (Å²) < 4.78 is 36.2. The fourth-order valence-electron chi connectivity index (χ4n) is 0.630. The predicted molar refractivity (Wildman–Crippen MR) is 43.9 cm³/mol. The third-order valence-corrected chi connectivity index (χ3v) is 1.45. The summed E-state index contributed by atoms with van der Waals surface area (Å²) in [6, 6.07) is 0. The quantitative estimate of drug-likeness (QED) is 0.590. The maximum atomic E-state index is 12.1. The molecule has 68 valence electrons. The van der Waals surface area contributed by atoms with E-state index < -0.39 is 11.7 Å². The molecule has 12 heavy (non-hydrogen) atoms. The molecular weight excluding hydrogens is 189 g/mol. The van der Waals surface area contributed by atoms with Gasteiger partial charge in [-0.3, -0.25) is 0 Å². The van der Waals surface area contributed by atoms with Crippen molar-refractivity contribution in [3.05, 3.63) is 35.4 Å². The van der Waals surface area contributed by atoms with E-state index >= 15 is 0 Å². The molecule has 0 aliphatic carbocycles. The van der Waals surface area contributed by atoms with E-state index in [4.69, 9.17) is 11.6 Å². The van der Waals surface area contributed by atoms with Gasteiger partial charge in [-0.2, -0.15) is 13.2 Å². The highest BCUT2D eigenvalue weighted by Crippen LogP contribution is 2.32. The topological polar surface area (TPSA) is 0 Å². The van der Waals surface area contributed by atoms with Crippen LogP contribution in [0.15, 0.2) is 35.4 Å². The predicted octanol–water partition coefficient (Wildman–Crippen LogP) is 3.80. The van der Waals surface area contributed by atoms with Crippen molar-refractivity contribution in [2.75, 3.05) is 0 Å². The van der Waals surface area contributed by atoms with Crippen LogP contribution in [0.4, 0.5) is 13.2 Å². The molecule has 0 radical (unpaired) electrons. The van der Waals surface area contributed by atoms with Crippen molar-refractivity contribution in [2.24, 2.45) is 0 Å². The fourth-order valence-corrected chi connectivity index (χ4v) is 0.936. The molecule has 0 aromatic rings.